The highest BCUT2D eigenvalue weighted by atomic mass is 19.2. The summed E-state index contributed by atoms with van der Waals surface area (Å²) in [5, 5.41) is 0. The Balaban J connectivity index is 2.30. The first-order valence-electron chi connectivity index (χ1n) is 6.10. The van der Waals surface area contributed by atoms with Gasteiger partial charge < -0.3 is 10.5 Å². The van der Waals surface area contributed by atoms with Crippen LogP contribution in [0.2, 0.25) is 0 Å². The summed E-state index contributed by atoms with van der Waals surface area (Å²) in [6.45, 7) is -0.596. The number of rotatable bonds is 0. The Kier molecular flexibility index (Phi) is 3.16. The van der Waals surface area contributed by atoms with E-state index in [1.54, 1.807) is 6.07 Å². The number of benzene rings is 2. The van der Waals surface area contributed by atoms with Gasteiger partial charge in [0.05, 0.1) is 17.8 Å². The minimum atomic E-state index is -1.98. The molecule has 0 atom stereocenters. The topological polar surface area (TPSA) is 55.6 Å². The Hall–Kier alpha value is -2.77. The number of hydrogen-bond acceptors (Lipinski definition) is 2. The molecule has 22 heavy (non-hydrogen) atoms. The monoisotopic (exact) mass is 312 g/mol. The van der Waals surface area contributed by atoms with Gasteiger partial charge in [0, 0.05) is 0 Å². The maximum atomic E-state index is 13.9. The Bertz CT molecular complexity index is 795. The van der Waals surface area contributed by atoms with Crippen molar-refractivity contribution in [2.45, 2.75) is 6.54 Å². The SMILES string of the molecule is NC(=O)N1Cc2c(F)c(F)c(F)c(F)c2Oc2ccccc21. The molecule has 0 saturated heterocycles. The third-order valence-corrected chi connectivity index (χ3v) is 3.27. The number of anilines is 1. The van der Waals surface area contributed by atoms with E-state index in [1.807, 2.05) is 0 Å². The van der Waals surface area contributed by atoms with Crippen molar-refractivity contribution in [3.63, 3.8) is 0 Å². The zero-order chi connectivity index (χ0) is 16.0. The van der Waals surface area contributed by atoms with E-state index in [-0.39, 0.29) is 11.4 Å². The highest BCUT2D eigenvalue weighted by molar-refractivity contribution is 5.93. The van der Waals surface area contributed by atoms with E-state index >= 15 is 0 Å². The van der Waals surface area contributed by atoms with Gasteiger partial charge in [0.15, 0.2) is 23.1 Å². The van der Waals surface area contributed by atoms with E-state index in [1.165, 1.54) is 18.2 Å². The Morgan fingerprint density at radius 2 is 1.68 bits per heavy atom. The smallest absolute Gasteiger partial charge is 0.319 e. The van der Waals surface area contributed by atoms with E-state index in [0.717, 1.165) is 4.90 Å². The third kappa shape index (κ3) is 1.95. The van der Waals surface area contributed by atoms with Crippen molar-refractivity contribution in [1.82, 2.24) is 0 Å². The van der Waals surface area contributed by atoms with Gasteiger partial charge >= 0.3 is 6.03 Å². The van der Waals surface area contributed by atoms with Gasteiger partial charge in [-0.05, 0) is 12.1 Å². The van der Waals surface area contributed by atoms with Crippen LogP contribution in [0.3, 0.4) is 0 Å². The Morgan fingerprint density at radius 3 is 2.36 bits per heavy atom. The Morgan fingerprint density at radius 1 is 1.05 bits per heavy atom. The molecule has 1 aliphatic rings. The molecule has 0 unspecified atom stereocenters. The van der Waals surface area contributed by atoms with Crippen LogP contribution in [0.5, 0.6) is 11.5 Å². The average molecular weight is 312 g/mol. The van der Waals surface area contributed by atoms with Crippen LogP contribution in [0.25, 0.3) is 0 Å². The molecule has 0 fully saturated rings. The normalized spacial score (nSPS) is 13.0. The van der Waals surface area contributed by atoms with E-state index in [2.05, 4.69) is 0 Å². The standard InChI is InChI=1S/C14H8F4N2O2/c15-9-6-5-20(14(19)21)7-3-1-2-4-8(7)22-13(6)12(18)11(17)10(9)16/h1-4H,5H2,(H2,19,21). The van der Waals surface area contributed by atoms with Crippen molar-refractivity contribution in [2.75, 3.05) is 4.90 Å². The molecule has 8 heteroatoms. The summed E-state index contributed by atoms with van der Waals surface area (Å²) in [5.74, 6) is -8.11. The first kappa shape index (κ1) is 14.2. The lowest BCUT2D eigenvalue weighted by Gasteiger charge is -2.19. The van der Waals surface area contributed by atoms with E-state index in [4.69, 9.17) is 10.5 Å². The lowest BCUT2D eigenvalue weighted by atomic mass is 10.1. The highest BCUT2D eigenvalue weighted by Crippen LogP contribution is 2.42. The van der Waals surface area contributed by atoms with Crippen molar-refractivity contribution < 1.29 is 27.1 Å². The first-order chi connectivity index (χ1) is 10.4. The maximum Gasteiger partial charge on any atom is 0.319 e. The minimum Gasteiger partial charge on any atom is -0.451 e. The molecule has 2 aromatic rings. The number of primary amides is 1. The first-order valence-corrected chi connectivity index (χ1v) is 6.10. The summed E-state index contributed by atoms with van der Waals surface area (Å²) in [5.41, 5.74) is 4.71. The van der Waals surface area contributed by atoms with Gasteiger partial charge in [-0.3, -0.25) is 4.90 Å². The van der Waals surface area contributed by atoms with Gasteiger partial charge in [-0.15, -0.1) is 0 Å². The van der Waals surface area contributed by atoms with Crippen LogP contribution < -0.4 is 15.4 Å². The van der Waals surface area contributed by atoms with Crippen molar-refractivity contribution in [3.05, 3.63) is 53.1 Å². The molecule has 1 aliphatic heterocycles. The molecule has 0 spiro atoms. The largest absolute Gasteiger partial charge is 0.451 e. The number of halogens is 4. The van der Waals surface area contributed by atoms with E-state index in [0.29, 0.717) is 0 Å². The molecule has 0 aromatic heterocycles. The van der Waals surface area contributed by atoms with E-state index in [9.17, 15) is 22.4 Å². The highest BCUT2D eigenvalue weighted by Gasteiger charge is 2.32. The van der Waals surface area contributed by atoms with Crippen LogP contribution in [0.4, 0.5) is 28.0 Å². The van der Waals surface area contributed by atoms with Crippen LogP contribution in [-0.2, 0) is 6.54 Å². The minimum absolute atomic E-state index is 0.0376. The summed E-state index contributed by atoms with van der Waals surface area (Å²) < 4.78 is 59.7. The second-order valence-corrected chi connectivity index (χ2v) is 4.56. The van der Waals surface area contributed by atoms with Crippen molar-refractivity contribution in [2.24, 2.45) is 5.73 Å². The predicted molar refractivity (Wildman–Crippen MR) is 68.6 cm³/mol. The molecule has 0 aliphatic carbocycles. The van der Waals surface area contributed by atoms with Gasteiger partial charge in [0.25, 0.3) is 0 Å². The summed E-state index contributed by atoms with van der Waals surface area (Å²) in [4.78, 5) is 12.4. The Labute approximate surface area is 121 Å². The zero-order valence-corrected chi connectivity index (χ0v) is 10.9. The van der Waals surface area contributed by atoms with Gasteiger partial charge in [0.2, 0.25) is 11.6 Å². The fourth-order valence-electron chi connectivity index (χ4n) is 2.22. The molecule has 4 nitrogen and oxygen atoms in total. The van der Waals surface area contributed by atoms with Gasteiger partial charge in [-0.25, -0.2) is 18.0 Å². The number of carbonyl (C=O) groups excluding carboxylic acids is 1. The second-order valence-electron chi connectivity index (χ2n) is 4.56. The quantitative estimate of drug-likeness (QED) is 0.460. The van der Waals surface area contributed by atoms with Crippen molar-refractivity contribution in [3.8, 4) is 11.5 Å². The summed E-state index contributed by atoms with van der Waals surface area (Å²) >= 11 is 0. The van der Waals surface area contributed by atoms with E-state index < -0.39 is 47.2 Å². The molecule has 2 N–H and O–H groups in total. The number of fused-ring (bicyclic) bond motifs is 2. The fourth-order valence-corrected chi connectivity index (χ4v) is 2.22. The molecule has 2 amide bonds. The number of amides is 2. The summed E-state index contributed by atoms with van der Waals surface area (Å²) in [6.07, 6.45) is 0. The molecular formula is C14H8F4N2O2. The van der Waals surface area contributed by atoms with Gasteiger partial charge in [-0.1, -0.05) is 12.1 Å². The number of nitrogens with zero attached hydrogens (tertiary/aromatic N) is 1. The van der Waals surface area contributed by atoms with Gasteiger partial charge in [-0.2, -0.15) is 4.39 Å². The molecular weight excluding hydrogens is 304 g/mol. The van der Waals surface area contributed by atoms with Crippen LogP contribution in [-0.4, -0.2) is 6.03 Å². The number of para-hydroxylation sites is 2. The van der Waals surface area contributed by atoms with Crippen LogP contribution in [0.15, 0.2) is 24.3 Å². The number of carbonyl (C=O) groups is 1. The lowest BCUT2D eigenvalue weighted by Crippen LogP contribution is -2.35. The third-order valence-electron chi connectivity index (χ3n) is 3.27. The number of hydrogen-bond donors (Lipinski definition) is 1. The molecule has 3 rings (SSSR count). The van der Waals surface area contributed by atoms with Gasteiger partial charge in [0.1, 0.15) is 0 Å². The molecule has 0 saturated carbocycles. The molecule has 0 radical (unpaired) electrons. The lowest BCUT2D eigenvalue weighted by molar-refractivity contribution is 0.253. The number of ether oxygens (including phenoxy) is 1. The second kappa shape index (κ2) is 4.90. The van der Waals surface area contributed by atoms with Crippen LogP contribution in [0.1, 0.15) is 5.56 Å². The molecule has 2 aromatic carbocycles. The maximum absolute atomic E-state index is 13.9. The molecule has 0 bridgehead atoms. The summed E-state index contributed by atoms with van der Waals surface area (Å²) in [6, 6.07) is 4.86. The van der Waals surface area contributed by atoms with Crippen molar-refractivity contribution >= 4 is 11.7 Å². The van der Waals surface area contributed by atoms with Crippen LogP contribution in [0, 0.1) is 23.3 Å². The fraction of sp³-hybridized carbons (Fsp3) is 0.0714. The molecule has 1 heterocycles. The van der Waals surface area contributed by atoms with Crippen molar-refractivity contribution in [1.29, 1.82) is 0 Å². The summed E-state index contributed by atoms with van der Waals surface area (Å²) in [7, 11) is 0. The average Bonchev–Trinajstić information content (AvgIpc) is 2.68. The number of nitrogens with two attached hydrogens (primary N) is 1. The predicted octanol–water partition coefficient (Wildman–Crippen LogP) is 3.43. The zero-order valence-electron chi connectivity index (χ0n) is 10.9. The van der Waals surface area contributed by atoms with Crippen LogP contribution >= 0.6 is 0 Å². The molecule has 114 valence electrons. The number of urea groups is 1.